The van der Waals surface area contributed by atoms with Gasteiger partial charge >= 0.3 is 0 Å². The van der Waals surface area contributed by atoms with Crippen LogP contribution in [0.5, 0.6) is 0 Å². The number of carbonyl (C=O) groups is 2. The van der Waals surface area contributed by atoms with Crippen molar-refractivity contribution in [3.8, 4) is 0 Å². The maximum atomic E-state index is 12.2. The molecule has 2 N–H and O–H groups in total. The van der Waals surface area contributed by atoms with Gasteiger partial charge in [0, 0.05) is 11.4 Å². The lowest BCUT2D eigenvalue weighted by Crippen LogP contribution is -2.16. The zero-order valence-electron chi connectivity index (χ0n) is 15.9. The topological polar surface area (TPSA) is 110 Å². The molecule has 0 aliphatic rings. The van der Waals surface area contributed by atoms with Gasteiger partial charge in [-0.1, -0.05) is 46.2 Å². The average molecular weight is 467 g/mol. The molecule has 29 heavy (non-hydrogen) atoms. The Morgan fingerprint density at radius 2 is 1.41 bits per heavy atom. The molecule has 152 valence electrons. The van der Waals surface area contributed by atoms with E-state index in [0.717, 1.165) is 24.3 Å². The zero-order valence-corrected chi connectivity index (χ0v) is 19.2. The Morgan fingerprint density at radius 3 is 1.90 bits per heavy atom. The first-order valence-electron chi connectivity index (χ1n) is 8.45. The van der Waals surface area contributed by atoms with Gasteiger partial charge in [-0.25, -0.2) is 0 Å². The summed E-state index contributed by atoms with van der Waals surface area (Å²) in [6, 6.07) is 5.37. The van der Waals surface area contributed by atoms with Crippen molar-refractivity contribution in [2.75, 3.05) is 22.1 Å². The molecule has 0 aliphatic heterocycles. The van der Waals surface area contributed by atoms with Crippen LogP contribution in [-0.4, -0.2) is 43.7 Å². The Morgan fingerprint density at radius 1 is 0.862 bits per heavy atom. The molecule has 0 radical (unpaired) electrons. The summed E-state index contributed by atoms with van der Waals surface area (Å²) in [5.74, 6) is 0.276. The Balaban J connectivity index is 1.48. The van der Waals surface area contributed by atoms with Gasteiger partial charge in [0.25, 0.3) is 0 Å². The summed E-state index contributed by atoms with van der Waals surface area (Å²) in [6.45, 7) is 5.63. The van der Waals surface area contributed by atoms with Crippen LogP contribution in [0, 0.1) is 20.8 Å². The summed E-state index contributed by atoms with van der Waals surface area (Å²) < 4.78 is 1.54. The molecule has 3 aromatic rings. The van der Waals surface area contributed by atoms with E-state index in [2.05, 4.69) is 31.0 Å². The lowest BCUT2D eigenvalue weighted by molar-refractivity contribution is -0.114. The summed E-state index contributed by atoms with van der Waals surface area (Å²) in [7, 11) is 0. The number of anilines is 2. The highest BCUT2D eigenvalue weighted by Gasteiger charge is 2.11. The van der Waals surface area contributed by atoms with Gasteiger partial charge < -0.3 is 10.6 Å². The standard InChI is InChI=1S/C17H18N6O2S4/c1-9-6-12(18-14(24)7-26-16-22-20-10(2)28-16)4-5-13(9)19-15(25)8-27-17-23-21-11(3)29-17/h4-6H,7-8H2,1-3H3,(H,18,24)(H,19,25). The molecule has 2 heterocycles. The largest absolute Gasteiger partial charge is 0.325 e. The van der Waals surface area contributed by atoms with Crippen LogP contribution in [0.25, 0.3) is 0 Å². The van der Waals surface area contributed by atoms with E-state index in [-0.39, 0.29) is 23.3 Å². The summed E-state index contributed by atoms with van der Waals surface area (Å²) in [4.78, 5) is 24.3. The van der Waals surface area contributed by atoms with E-state index in [9.17, 15) is 9.59 Å². The number of aromatic nitrogens is 4. The molecule has 3 rings (SSSR count). The number of amides is 2. The molecule has 2 aromatic heterocycles. The second-order valence-electron chi connectivity index (χ2n) is 5.88. The van der Waals surface area contributed by atoms with E-state index >= 15 is 0 Å². The maximum Gasteiger partial charge on any atom is 0.234 e. The van der Waals surface area contributed by atoms with Crippen LogP contribution in [0.2, 0.25) is 0 Å². The van der Waals surface area contributed by atoms with Crippen LogP contribution < -0.4 is 10.6 Å². The predicted molar refractivity (Wildman–Crippen MR) is 119 cm³/mol. The highest BCUT2D eigenvalue weighted by atomic mass is 32.2. The number of aryl methyl sites for hydroxylation is 3. The van der Waals surface area contributed by atoms with Crippen molar-refractivity contribution in [3.63, 3.8) is 0 Å². The zero-order chi connectivity index (χ0) is 20.8. The number of nitrogens with zero attached hydrogens (tertiary/aromatic N) is 4. The molecule has 0 bridgehead atoms. The predicted octanol–water partition coefficient (Wildman–Crippen LogP) is 3.78. The van der Waals surface area contributed by atoms with Crippen LogP contribution >= 0.6 is 46.2 Å². The SMILES string of the molecule is Cc1nnc(SCC(=O)Nc2ccc(NC(=O)CSc3nnc(C)s3)c(C)c2)s1. The van der Waals surface area contributed by atoms with Gasteiger partial charge in [-0.2, -0.15) is 0 Å². The van der Waals surface area contributed by atoms with Crippen molar-refractivity contribution in [3.05, 3.63) is 33.8 Å². The number of nitrogens with one attached hydrogen (secondary N) is 2. The first-order chi connectivity index (χ1) is 13.9. The molecule has 0 fully saturated rings. The molecular weight excluding hydrogens is 448 g/mol. The van der Waals surface area contributed by atoms with E-state index in [1.807, 2.05) is 26.8 Å². The number of benzene rings is 1. The Hall–Kier alpha value is -2.02. The molecule has 8 nitrogen and oxygen atoms in total. The number of rotatable bonds is 8. The minimum absolute atomic E-state index is 0.119. The van der Waals surface area contributed by atoms with Gasteiger partial charge in [-0.3, -0.25) is 9.59 Å². The highest BCUT2D eigenvalue weighted by molar-refractivity contribution is 8.01. The van der Waals surface area contributed by atoms with Crippen LogP contribution in [0.3, 0.4) is 0 Å². The third-order valence-corrected chi connectivity index (χ3v) is 7.40. The monoisotopic (exact) mass is 466 g/mol. The number of thioether (sulfide) groups is 2. The van der Waals surface area contributed by atoms with Crippen molar-refractivity contribution in [1.29, 1.82) is 0 Å². The fourth-order valence-corrected chi connectivity index (χ4v) is 5.42. The van der Waals surface area contributed by atoms with Crippen LogP contribution in [0.1, 0.15) is 15.6 Å². The quantitative estimate of drug-likeness (QED) is 0.483. The molecular formula is C17H18N6O2S4. The Kier molecular flexibility index (Phi) is 7.58. The summed E-state index contributed by atoms with van der Waals surface area (Å²) in [5, 5.41) is 23.3. The lowest BCUT2D eigenvalue weighted by atomic mass is 10.1. The Labute approximate surface area is 184 Å². The van der Waals surface area contributed by atoms with E-state index in [1.165, 1.54) is 46.2 Å². The fourth-order valence-electron chi connectivity index (χ4n) is 2.19. The number of carbonyl (C=O) groups excluding carboxylic acids is 2. The number of hydrogen-bond donors (Lipinski definition) is 2. The van der Waals surface area contributed by atoms with E-state index < -0.39 is 0 Å². The third-order valence-electron chi connectivity index (χ3n) is 3.45. The normalized spacial score (nSPS) is 10.7. The van der Waals surface area contributed by atoms with Gasteiger partial charge in [0.1, 0.15) is 10.0 Å². The van der Waals surface area contributed by atoms with Crippen molar-refractivity contribution in [2.24, 2.45) is 0 Å². The van der Waals surface area contributed by atoms with Gasteiger partial charge in [-0.05, 0) is 44.5 Å². The van der Waals surface area contributed by atoms with E-state index in [4.69, 9.17) is 0 Å². The third kappa shape index (κ3) is 6.77. The summed E-state index contributed by atoms with van der Waals surface area (Å²) >= 11 is 5.63. The molecule has 0 unspecified atom stereocenters. The number of hydrogen-bond acceptors (Lipinski definition) is 10. The minimum Gasteiger partial charge on any atom is -0.325 e. The van der Waals surface area contributed by atoms with Crippen molar-refractivity contribution < 1.29 is 9.59 Å². The van der Waals surface area contributed by atoms with Crippen LogP contribution in [0.15, 0.2) is 26.9 Å². The minimum atomic E-state index is -0.122. The summed E-state index contributed by atoms with van der Waals surface area (Å²) in [6.07, 6.45) is 0. The van der Waals surface area contributed by atoms with Crippen molar-refractivity contribution in [1.82, 2.24) is 20.4 Å². The van der Waals surface area contributed by atoms with Crippen LogP contribution in [-0.2, 0) is 9.59 Å². The van der Waals surface area contributed by atoms with E-state index in [0.29, 0.717) is 11.4 Å². The molecule has 0 saturated heterocycles. The molecule has 0 aliphatic carbocycles. The molecule has 2 amide bonds. The second-order valence-corrected chi connectivity index (χ2v) is 10.7. The van der Waals surface area contributed by atoms with Gasteiger partial charge in [0.15, 0.2) is 8.68 Å². The fraction of sp³-hybridized carbons (Fsp3) is 0.294. The van der Waals surface area contributed by atoms with E-state index in [1.54, 1.807) is 12.1 Å². The summed E-state index contributed by atoms with van der Waals surface area (Å²) in [5.41, 5.74) is 2.25. The second kappa shape index (κ2) is 10.1. The lowest BCUT2D eigenvalue weighted by Gasteiger charge is -2.11. The molecule has 0 atom stereocenters. The average Bonchev–Trinajstić information content (AvgIpc) is 3.28. The smallest absolute Gasteiger partial charge is 0.234 e. The first-order valence-corrected chi connectivity index (χ1v) is 12.1. The van der Waals surface area contributed by atoms with Crippen molar-refractivity contribution in [2.45, 2.75) is 29.5 Å². The van der Waals surface area contributed by atoms with Gasteiger partial charge in [0.2, 0.25) is 11.8 Å². The molecule has 12 heteroatoms. The van der Waals surface area contributed by atoms with Crippen molar-refractivity contribution >= 4 is 69.4 Å². The first kappa shape index (κ1) is 21.7. The van der Waals surface area contributed by atoms with Gasteiger partial charge in [-0.15, -0.1) is 20.4 Å². The van der Waals surface area contributed by atoms with Crippen LogP contribution in [0.4, 0.5) is 11.4 Å². The molecule has 1 aromatic carbocycles. The van der Waals surface area contributed by atoms with Gasteiger partial charge in [0.05, 0.1) is 11.5 Å². The maximum absolute atomic E-state index is 12.2. The highest BCUT2D eigenvalue weighted by Crippen LogP contribution is 2.24. The molecule has 0 saturated carbocycles. The molecule has 0 spiro atoms. The Bertz CT molecular complexity index is 1020.